The topological polar surface area (TPSA) is 60.7 Å². The molecule has 1 aromatic carbocycles. The Bertz CT molecular complexity index is 564. The van der Waals surface area contributed by atoms with Crippen molar-refractivity contribution in [2.75, 3.05) is 0 Å². The highest BCUT2D eigenvalue weighted by molar-refractivity contribution is 6.68. The lowest BCUT2D eigenvalue weighted by molar-refractivity contribution is 0.108. The second-order valence-electron chi connectivity index (χ2n) is 3.29. The van der Waals surface area contributed by atoms with Crippen LogP contribution in [0.5, 0.6) is 0 Å². The predicted molar refractivity (Wildman–Crippen MR) is 63.6 cm³/mol. The van der Waals surface area contributed by atoms with Crippen molar-refractivity contribution in [3.8, 4) is 11.4 Å². The third-order valence-electron chi connectivity index (χ3n) is 2.21. The molecular weight excluding hydrogens is 240 g/mol. The molecule has 86 valence electrons. The molecule has 0 spiro atoms. The van der Waals surface area contributed by atoms with Crippen LogP contribution in [0.4, 0.5) is 0 Å². The van der Waals surface area contributed by atoms with Crippen LogP contribution in [0, 0.1) is 0 Å². The Labute approximate surface area is 103 Å². The molecule has 0 radical (unpaired) electrons. The third-order valence-corrected chi connectivity index (χ3v) is 2.42. The van der Waals surface area contributed by atoms with Gasteiger partial charge in [0.2, 0.25) is 0 Å². The average Bonchev–Trinajstić information content (AvgIpc) is 2.77. The van der Waals surface area contributed by atoms with Gasteiger partial charge < -0.3 is 0 Å². The molecular formula is C11H9ClN4O. The molecule has 1 heterocycles. The quantitative estimate of drug-likeness (QED) is 0.613. The summed E-state index contributed by atoms with van der Waals surface area (Å²) in [4.78, 5) is 11.3. The molecule has 0 saturated carbocycles. The second kappa shape index (κ2) is 4.88. The summed E-state index contributed by atoms with van der Waals surface area (Å²) in [5, 5.41) is 10.7. The lowest BCUT2D eigenvalue weighted by Gasteiger charge is -2.04. The van der Waals surface area contributed by atoms with Gasteiger partial charge in [-0.1, -0.05) is 24.3 Å². The second-order valence-corrected chi connectivity index (χ2v) is 3.64. The SMILES string of the molecule is C=CCn1nnnc1-c1ccccc1C(=O)Cl. The molecule has 2 rings (SSSR count). The summed E-state index contributed by atoms with van der Waals surface area (Å²) in [7, 11) is 0. The van der Waals surface area contributed by atoms with E-state index in [0.29, 0.717) is 23.5 Å². The van der Waals surface area contributed by atoms with Crippen molar-refractivity contribution >= 4 is 16.8 Å². The minimum absolute atomic E-state index is 0.384. The highest BCUT2D eigenvalue weighted by Gasteiger charge is 2.15. The van der Waals surface area contributed by atoms with E-state index in [4.69, 9.17) is 11.6 Å². The fourth-order valence-electron chi connectivity index (χ4n) is 1.49. The van der Waals surface area contributed by atoms with Gasteiger partial charge in [-0.3, -0.25) is 4.79 Å². The number of hydrogen-bond donors (Lipinski definition) is 0. The first-order valence-electron chi connectivity index (χ1n) is 4.90. The molecule has 0 aliphatic rings. The summed E-state index contributed by atoms with van der Waals surface area (Å²) in [5.41, 5.74) is 0.994. The van der Waals surface area contributed by atoms with Crippen LogP contribution in [-0.4, -0.2) is 25.4 Å². The standard InChI is InChI=1S/C11H9ClN4O/c1-2-7-16-11(13-14-15-16)9-6-4-3-5-8(9)10(12)17/h2-6H,1,7H2. The first kappa shape index (κ1) is 11.5. The number of hydrogen-bond acceptors (Lipinski definition) is 4. The molecule has 0 atom stereocenters. The van der Waals surface area contributed by atoms with E-state index in [1.165, 1.54) is 0 Å². The molecule has 1 aromatic heterocycles. The van der Waals surface area contributed by atoms with E-state index in [-0.39, 0.29) is 0 Å². The highest BCUT2D eigenvalue weighted by atomic mass is 35.5. The summed E-state index contributed by atoms with van der Waals surface area (Å²) in [6, 6.07) is 6.92. The minimum Gasteiger partial charge on any atom is -0.276 e. The minimum atomic E-state index is -0.534. The number of carbonyl (C=O) groups is 1. The Morgan fingerprint density at radius 2 is 2.24 bits per heavy atom. The highest BCUT2D eigenvalue weighted by Crippen LogP contribution is 2.22. The van der Waals surface area contributed by atoms with E-state index in [2.05, 4.69) is 22.1 Å². The molecule has 17 heavy (non-hydrogen) atoms. The van der Waals surface area contributed by atoms with Crippen molar-refractivity contribution in [3.05, 3.63) is 42.5 Å². The zero-order valence-electron chi connectivity index (χ0n) is 8.88. The van der Waals surface area contributed by atoms with Crippen LogP contribution in [0.25, 0.3) is 11.4 Å². The number of nitrogens with zero attached hydrogens (tertiary/aromatic N) is 4. The van der Waals surface area contributed by atoms with Gasteiger partial charge >= 0.3 is 0 Å². The van der Waals surface area contributed by atoms with Crippen LogP contribution in [0.15, 0.2) is 36.9 Å². The molecule has 0 bridgehead atoms. The fraction of sp³-hybridized carbons (Fsp3) is 0.0909. The van der Waals surface area contributed by atoms with Gasteiger partial charge in [0.05, 0.1) is 6.54 Å². The van der Waals surface area contributed by atoms with Gasteiger partial charge in [0.1, 0.15) is 0 Å². The molecule has 0 aliphatic carbocycles. The maximum Gasteiger partial charge on any atom is 0.253 e. The Hall–Kier alpha value is -2.01. The van der Waals surface area contributed by atoms with Gasteiger partial charge in [-0.25, -0.2) is 4.68 Å². The number of halogens is 1. The van der Waals surface area contributed by atoms with Crippen LogP contribution in [-0.2, 0) is 6.54 Å². The van der Waals surface area contributed by atoms with Crippen LogP contribution in [0.2, 0.25) is 0 Å². The van der Waals surface area contributed by atoms with E-state index >= 15 is 0 Å². The first-order chi connectivity index (χ1) is 8.24. The lowest BCUT2D eigenvalue weighted by Crippen LogP contribution is -2.03. The molecule has 0 unspecified atom stereocenters. The van der Waals surface area contributed by atoms with E-state index in [1.54, 1.807) is 35.0 Å². The zero-order valence-corrected chi connectivity index (χ0v) is 9.63. The van der Waals surface area contributed by atoms with Crippen molar-refractivity contribution in [1.29, 1.82) is 0 Å². The smallest absolute Gasteiger partial charge is 0.253 e. The lowest BCUT2D eigenvalue weighted by atomic mass is 10.1. The van der Waals surface area contributed by atoms with Crippen molar-refractivity contribution in [2.45, 2.75) is 6.54 Å². The molecule has 0 amide bonds. The summed E-state index contributed by atoms with van der Waals surface area (Å²) in [6.45, 7) is 4.08. The maximum atomic E-state index is 11.3. The largest absolute Gasteiger partial charge is 0.276 e. The van der Waals surface area contributed by atoms with E-state index in [0.717, 1.165) is 0 Å². The van der Waals surface area contributed by atoms with Gasteiger partial charge in [-0.2, -0.15) is 0 Å². The Balaban J connectivity index is 2.56. The zero-order chi connectivity index (χ0) is 12.3. The van der Waals surface area contributed by atoms with E-state index in [9.17, 15) is 4.79 Å². The Morgan fingerprint density at radius 3 is 2.94 bits per heavy atom. The van der Waals surface area contributed by atoms with Gasteiger partial charge in [-0.15, -0.1) is 11.7 Å². The van der Waals surface area contributed by atoms with E-state index < -0.39 is 5.24 Å². The van der Waals surface area contributed by atoms with Crippen LogP contribution in [0.3, 0.4) is 0 Å². The number of carbonyl (C=O) groups excluding carboxylic acids is 1. The molecule has 0 saturated heterocycles. The number of allylic oxidation sites excluding steroid dienone is 1. The van der Waals surface area contributed by atoms with Gasteiger partial charge in [0.25, 0.3) is 5.24 Å². The number of aromatic nitrogens is 4. The van der Waals surface area contributed by atoms with Crippen LogP contribution in [0.1, 0.15) is 10.4 Å². The van der Waals surface area contributed by atoms with Crippen LogP contribution >= 0.6 is 11.6 Å². The number of tetrazole rings is 1. The third kappa shape index (κ3) is 2.24. The van der Waals surface area contributed by atoms with Crippen molar-refractivity contribution in [3.63, 3.8) is 0 Å². The van der Waals surface area contributed by atoms with Gasteiger partial charge in [0.15, 0.2) is 5.82 Å². The molecule has 0 N–H and O–H groups in total. The predicted octanol–water partition coefficient (Wildman–Crippen LogP) is 1.91. The van der Waals surface area contributed by atoms with Crippen molar-refractivity contribution < 1.29 is 4.79 Å². The molecule has 6 heteroatoms. The average molecular weight is 249 g/mol. The molecule has 2 aromatic rings. The summed E-state index contributed by atoms with van der Waals surface area (Å²) < 4.78 is 1.55. The van der Waals surface area contributed by atoms with Gasteiger partial charge in [-0.05, 0) is 28.1 Å². The van der Waals surface area contributed by atoms with Crippen molar-refractivity contribution in [1.82, 2.24) is 20.2 Å². The Kier molecular flexibility index (Phi) is 3.30. The summed E-state index contributed by atoms with van der Waals surface area (Å²) >= 11 is 5.52. The van der Waals surface area contributed by atoms with E-state index in [1.807, 2.05) is 0 Å². The Morgan fingerprint density at radius 1 is 1.47 bits per heavy atom. The summed E-state index contributed by atoms with van der Waals surface area (Å²) in [6.07, 6.45) is 1.67. The van der Waals surface area contributed by atoms with Crippen LogP contribution < -0.4 is 0 Å². The fourth-order valence-corrected chi connectivity index (χ4v) is 1.66. The van der Waals surface area contributed by atoms with Crippen molar-refractivity contribution in [2.24, 2.45) is 0 Å². The molecule has 5 nitrogen and oxygen atoms in total. The maximum absolute atomic E-state index is 11.3. The molecule has 0 fully saturated rings. The normalized spacial score (nSPS) is 10.2. The molecule has 0 aliphatic heterocycles. The monoisotopic (exact) mass is 248 g/mol. The summed E-state index contributed by atoms with van der Waals surface area (Å²) in [5.74, 6) is 0.495. The van der Waals surface area contributed by atoms with Gasteiger partial charge in [0, 0.05) is 11.1 Å². The first-order valence-corrected chi connectivity index (χ1v) is 5.28. The number of benzene rings is 1. The number of rotatable bonds is 4.